The minimum Gasteiger partial charge on any atom is -0.383 e. The van der Waals surface area contributed by atoms with Crippen molar-refractivity contribution >= 4 is 40.3 Å². The molecule has 3 aromatic rings. The number of ether oxygens (including phenoxy) is 1. The van der Waals surface area contributed by atoms with Gasteiger partial charge < -0.3 is 14.2 Å². The third kappa shape index (κ3) is 4.82. The molecule has 0 saturated carbocycles. The molecule has 0 spiro atoms. The van der Waals surface area contributed by atoms with Crippen molar-refractivity contribution in [2.75, 3.05) is 26.8 Å². The van der Waals surface area contributed by atoms with Crippen molar-refractivity contribution in [2.45, 2.75) is 36.7 Å². The quantitative estimate of drug-likeness (QED) is 0.467. The summed E-state index contributed by atoms with van der Waals surface area (Å²) in [4.78, 5) is 19.6. The number of fused-ring (bicyclic) bond motifs is 1. The third-order valence-corrected chi connectivity index (χ3v) is 6.66. The van der Waals surface area contributed by atoms with Crippen LogP contribution in [0.3, 0.4) is 0 Å². The maximum absolute atomic E-state index is 12.8. The summed E-state index contributed by atoms with van der Waals surface area (Å²) in [6.07, 6.45) is 3.42. The Labute approximate surface area is 186 Å². The van der Waals surface area contributed by atoms with E-state index in [2.05, 4.69) is 10.6 Å². The molecule has 158 valence electrons. The Hall–Kier alpha value is -2.02. The normalized spacial score (nSPS) is 14.4. The van der Waals surface area contributed by atoms with Crippen LogP contribution in [0.1, 0.15) is 35.2 Å². The van der Waals surface area contributed by atoms with Gasteiger partial charge >= 0.3 is 0 Å². The zero-order chi connectivity index (χ0) is 20.9. The maximum atomic E-state index is 12.8. The summed E-state index contributed by atoms with van der Waals surface area (Å²) in [5.41, 5.74) is 3.82. The number of amides is 1. The Morgan fingerprint density at radius 3 is 2.80 bits per heavy atom. The predicted molar refractivity (Wildman–Crippen MR) is 122 cm³/mol. The number of carbonyl (C=O) groups excluding carboxylic acids is 1. The lowest BCUT2D eigenvalue weighted by molar-refractivity contribution is 0.0724. The van der Waals surface area contributed by atoms with Crippen LogP contribution in [0.5, 0.6) is 0 Å². The number of benzene rings is 2. The van der Waals surface area contributed by atoms with Gasteiger partial charge in [-0.1, -0.05) is 35.5 Å². The average Bonchev–Trinajstić information content (AvgIpc) is 3.12. The van der Waals surface area contributed by atoms with Crippen molar-refractivity contribution in [3.63, 3.8) is 0 Å². The second-order valence-corrected chi connectivity index (χ2v) is 8.89. The zero-order valence-electron chi connectivity index (χ0n) is 17.1. The number of thioether (sulfide) groups is 1. The van der Waals surface area contributed by atoms with Gasteiger partial charge in [0.25, 0.3) is 5.91 Å². The molecule has 0 unspecified atom stereocenters. The molecule has 1 saturated heterocycles. The first-order valence-electron chi connectivity index (χ1n) is 10.3. The molecular formula is C23H26ClN3O2S. The molecule has 5 nitrogen and oxygen atoms in total. The molecule has 1 aliphatic heterocycles. The van der Waals surface area contributed by atoms with Crippen molar-refractivity contribution in [2.24, 2.45) is 0 Å². The Morgan fingerprint density at radius 1 is 1.17 bits per heavy atom. The maximum Gasteiger partial charge on any atom is 0.253 e. The fourth-order valence-electron chi connectivity index (χ4n) is 3.81. The van der Waals surface area contributed by atoms with Crippen LogP contribution in [-0.4, -0.2) is 47.2 Å². The van der Waals surface area contributed by atoms with Crippen LogP contribution < -0.4 is 0 Å². The van der Waals surface area contributed by atoms with Gasteiger partial charge in [-0.2, -0.15) is 0 Å². The van der Waals surface area contributed by atoms with Gasteiger partial charge in [0.2, 0.25) is 0 Å². The van der Waals surface area contributed by atoms with Crippen LogP contribution in [0, 0.1) is 0 Å². The highest BCUT2D eigenvalue weighted by Gasteiger charge is 2.18. The second-order valence-electron chi connectivity index (χ2n) is 7.51. The SMILES string of the molecule is COCCn1c(SCc2cccc(C(=O)N3CCCCC3)c2)nc2cc(Cl)ccc21. The molecule has 1 aromatic heterocycles. The number of carbonyl (C=O) groups is 1. The molecular weight excluding hydrogens is 418 g/mol. The first kappa shape index (κ1) is 21.2. The fraction of sp³-hybridized carbons (Fsp3) is 0.391. The molecule has 0 atom stereocenters. The summed E-state index contributed by atoms with van der Waals surface area (Å²) in [5, 5.41) is 1.61. The second kappa shape index (κ2) is 9.86. The molecule has 1 aliphatic rings. The number of hydrogen-bond donors (Lipinski definition) is 0. The minimum absolute atomic E-state index is 0.142. The molecule has 7 heteroatoms. The fourth-order valence-corrected chi connectivity index (χ4v) is 4.96. The first-order chi connectivity index (χ1) is 14.7. The number of hydrogen-bond acceptors (Lipinski definition) is 4. The minimum atomic E-state index is 0.142. The summed E-state index contributed by atoms with van der Waals surface area (Å²) in [6.45, 7) is 3.07. The zero-order valence-corrected chi connectivity index (χ0v) is 18.7. The molecule has 30 heavy (non-hydrogen) atoms. The Bertz CT molecular complexity index is 1030. The van der Waals surface area contributed by atoms with Gasteiger partial charge in [-0.05, 0) is 55.2 Å². The summed E-state index contributed by atoms with van der Waals surface area (Å²) < 4.78 is 7.45. The van der Waals surface area contributed by atoms with Gasteiger partial charge in [0.05, 0.1) is 17.6 Å². The van der Waals surface area contributed by atoms with Gasteiger partial charge in [-0.15, -0.1) is 0 Å². The highest BCUT2D eigenvalue weighted by Crippen LogP contribution is 2.29. The number of rotatable bonds is 7. The standard InChI is InChI=1S/C23H26ClN3O2S/c1-29-13-12-27-21-9-8-19(24)15-20(21)25-23(27)30-16-17-6-5-7-18(14-17)22(28)26-10-3-2-4-11-26/h5-9,14-15H,2-4,10-13,16H2,1H3. The molecule has 1 fully saturated rings. The van der Waals surface area contributed by atoms with E-state index < -0.39 is 0 Å². The van der Waals surface area contributed by atoms with E-state index in [9.17, 15) is 4.79 Å². The van der Waals surface area contributed by atoms with Crippen molar-refractivity contribution in [3.05, 3.63) is 58.6 Å². The summed E-state index contributed by atoms with van der Waals surface area (Å²) in [7, 11) is 1.70. The van der Waals surface area contributed by atoms with Crippen LogP contribution in [0.2, 0.25) is 5.02 Å². The largest absolute Gasteiger partial charge is 0.383 e. The van der Waals surface area contributed by atoms with E-state index in [0.717, 1.165) is 65.5 Å². The van der Waals surface area contributed by atoms with Gasteiger partial charge in [0.1, 0.15) is 0 Å². The van der Waals surface area contributed by atoms with Crippen molar-refractivity contribution < 1.29 is 9.53 Å². The van der Waals surface area contributed by atoms with Crippen LogP contribution in [0.25, 0.3) is 11.0 Å². The topological polar surface area (TPSA) is 47.4 Å². The highest BCUT2D eigenvalue weighted by atomic mass is 35.5. The van der Waals surface area contributed by atoms with Gasteiger partial charge in [0.15, 0.2) is 5.16 Å². The van der Waals surface area contributed by atoms with E-state index in [-0.39, 0.29) is 5.91 Å². The van der Waals surface area contributed by atoms with E-state index in [1.165, 1.54) is 6.42 Å². The molecule has 0 bridgehead atoms. The van der Waals surface area contributed by atoms with Crippen LogP contribution >= 0.6 is 23.4 Å². The Kier molecular flexibility index (Phi) is 6.97. The summed E-state index contributed by atoms with van der Waals surface area (Å²) in [6, 6.07) is 13.8. The van der Waals surface area contributed by atoms with E-state index in [1.807, 2.05) is 41.3 Å². The van der Waals surface area contributed by atoms with Crippen molar-refractivity contribution in [3.8, 4) is 0 Å². The molecule has 0 radical (unpaired) electrons. The number of aromatic nitrogens is 2. The van der Waals surface area contributed by atoms with Crippen LogP contribution in [-0.2, 0) is 17.0 Å². The van der Waals surface area contributed by atoms with E-state index >= 15 is 0 Å². The number of piperidine rings is 1. The Balaban J connectivity index is 1.51. The lowest BCUT2D eigenvalue weighted by Gasteiger charge is -2.26. The van der Waals surface area contributed by atoms with E-state index in [1.54, 1.807) is 18.9 Å². The molecule has 1 amide bonds. The van der Waals surface area contributed by atoms with Gasteiger partial charge in [-0.25, -0.2) is 4.98 Å². The van der Waals surface area contributed by atoms with E-state index in [0.29, 0.717) is 11.6 Å². The van der Waals surface area contributed by atoms with Crippen molar-refractivity contribution in [1.82, 2.24) is 14.5 Å². The number of imidazole rings is 1. The molecule has 0 N–H and O–H groups in total. The van der Waals surface area contributed by atoms with Crippen LogP contribution in [0.15, 0.2) is 47.6 Å². The summed E-state index contributed by atoms with van der Waals surface area (Å²) >= 11 is 7.82. The van der Waals surface area contributed by atoms with Gasteiger partial charge in [0, 0.05) is 43.1 Å². The Morgan fingerprint density at radius 2 is 2.00 bits per heavy atom. The number of halogens is 1. The number of nitrogens with zero attached hydrogens (tertiary/aromatic N) is 3. The lowest BCUT2D eigenvalue weighted by atomic mass is 10.1. The smallest absolute Gasteiger partial charge is 0.253 e. The number of methoxy groups -OCH3 is 1. The monoisotopic (exact) mass is 443 g/mol. The molecule has 2 aromatic carbocycles. The number of likely N-dealkylation sites (tertiary alicyclic amines) is 1. The third-order valence-electron chi connectivity index (χ3n) is 5.38. The van der Waals surface area contributed by atoms with E-state index in [4.69, 9.17) is 21.3 Å². The highest BCUT2D eigenvalue weighted by molar-refractivity contribution is 7.98. The summed E-state index contributed by atoms with van der Waals surface area (Å²) in [5.74, 6) is 0.883. The molecule has 2 heterocycles. The predicted octanol–water partition coefficient (Wildman–Crippen LogP) is 5.25. The lowest BCUT2D eigenvalue weighted by Crippen LogP contribution is -2.35. The van der Waals surface area contributed by atoms with Crippen molar-refractivity contribution in [1.29, 1.82) is 0 Å². The first-order valence-corrected chi connectivity index (χ1v) is 11.7. The molecule has 0 aliphatic carbocycles. The van der Waals surface area contributed by atoms with Crippen LogP contribution in [0.4, 0.5) is 0 Å². The average molecular weight is 444 g/mol. The molecule has 4 rings (SSSR count). The van der Waals surface area contributed by atoms with Gasteiger partial charge in [-0.3, -0.25) is 4.79 Å².